The zero-order valence-corrected chi connectivity index (χ0v) is 15.3. The topological polar surface area (TPSA) is 40.6 Å². The standard InChI is InChI=1S/C18H32N2O2S/c1-23(21,22)20(17-9-5-10-17)18-11-6-13-19(14-12-18)15-16-7-3-2-4-8-16/h2-3,16-18H,4-15H2,1H3. The molecule has 23 heavy (non-hydrogen) atoms. The molecular formula is C18H32N2O2S. The third kappa shape index (κ3) is 4.58. The highest BCUT2D eigenvalue weighted by atomic mass is 32.2. The van der Waals surface area contributed by atoms with E-state index in [-0.39, 0.29) is 12.1 Å². The third-order valence-electron chi connectivity index (χ3n) is 5.86. The van der Waals surface area contributed by atoms with E-state index in [1.165, 1.54) is 38.5 Å². The van der Waals surface area contributed by atoms with Crippen molar-refractivity contribution in [1.82, 2.24) is 9.21 Å². The number of likely N-dealkylation sites (tertiary alicyclic amines) is 1. The van der Waals surface area contributed by atoms with E-state index >= 15 is 0 Å². The number of nitrogens with zero attached hydrogens (tertiary/aromatic N) is 2. The minimum absolute atomic E-state index is 0.228. The van der Waals surface area contributed by atoms with E-state index in [0.29, 0.717) is 0 Å². The molecule has 2 unspecified atom stereocenters. The molecular weight excluding hydrogens is 308 g/mol. The molecule has 2 aliphatic carbocycles. The van der Waals surface area contributed by atoms with Crippen LogP contribution in [0.1, 0.15) is 57.8 Å². The molecule has 0 aromatic rings. The molecule has 0 aromatic heterocycles. The summed E-state index contributed by atoms with van der Waals surface area (Å²) in [6.07, 6.45) is 16.3. The van der Waals surface area contributed by atoms with Crippen LogP contribution in [-0.4, -0.2) is 55.6 Å². The molecule has 0 radical (unpaired) electrons. The lowest BCUT2D eigenvalue weighted by atomic mass is 9.91. The first kappa shape index (κ1) is 17.4. The minimum atomic E-state index is -3.08. The Morgan fingerprint density at radius 2 is 1.74 bits per heavy atom. The van der Waals surface area contributed by atoms with Gasteiger partial charge in [-0.15, -0.1) is 0 Å². The number of hydrogen-bond acceptors (Lipinski definition) is 3. The smallest absolute Gasteiger partial charge is 0.211 e. The Hall–Kier alpha value is -0.390. The second kappa shape index (κ2) is 7.66. The molecule has 2 atom stereocenters. The van der Waals surface area contributed by atoms with Gasteiger partial charge >= 0.3 is 0 Å². The van der Waals surface area contributed by atoms with E-state index in [0.717, 1.165) is 51.1 Å². The summed E-state index contributed by atoms with van der Waals surface area (Å²) in [5, 5.41) is 0. The van der Waals surface area contributed by atoms with Gasteiger partial charge in [0.2, 0.25) is 10.0 Å². The summed E-state index contributed by atoms with van der Waals surface area (Å²) in [6.45, 7) is 3.39. The number of allylic oxidation sites excluding steroid dienone is 2. The lowest BCUT2D eigenvalue weighted by Gasteiger charge is -2.40. The SMILES string of the molecule is CS(=O)(=O)N(C1CCC1)C1CCCN(CC2CC=CCC2)CC1. The summed E-state index contributed by atoms with van der Waals surface area (Å²) in [4.78, 5) is 2.59. The Morgan fingerprint density at radius 3 is 2.35 bits per heavy atom. The van der Waals surface area contributed by atoms with Gasteiger partial charge in [-0.05, 0) is 70.4 Å². The van der Waals surface area contributed by atoms with Gasteiger partial charge in [0.1, 0.15) is 0 Å². The Labute approximate surface area is 142 Å². The van der Waals surface area contributed by atoms with Gasteiger partial charge in [0.15, 0.2) is 0 Å². The van der Waals surface area contributed by atoms with Crippen LogP contribution in [0.25, 0.3) is 0 Å². The molecule has 0 spiro atoms. The fraction of sp³-hybridized carbons (Fsp3) is 0.889. The van der Waals surface area contributed by atoms with E-state index < -0.39 is 10.0 Å². The van der Waals surface area contributed by atoms with Crippen molar-refractivity contribution >= 4 is 10.0 Å². The van der Waals surface area contributed by atoms with Gasteiger partial charge in [-0.1, -0.05) is 18.6 Å². The van der Waals surface area contributed by atoms with Crippen LogP contribution in [0.5, 0.6) is 0 Å². The molecule has 1 saturated carbocycles. The Bertz CT molecular complexity index is 513. The van der Waals surface area contributed by atoms with Gasteiger partial charge in [0.05, 0.1) is 6.26 Å². The Kier molecular flexibility index (Phi) is 5.81. The summed E-state index contributed by atoms with van der Waals surface area (Å²) in [7, 11) is -3.08. The van der Waals surface area contributed by atoms with Crippen molar-refractivity contribution in [3.63, 3.8) is 0 Å². The van der Waals surface area contributed by atoms with Crippen molar-refractivity contribution in [3.8, 4) is 0 Å². The van der Waals surface area contributed by atoms with E-state index in [4.69, 9.17) is 0 Å². The average Bonchev–Trinajstić information content (AvgIpc) is 2.68. The van der Waals surface area contributed by atoms with Crippen molar-refractivity contribution in [2.45, 2.75) is 69.9 Å². The summed E-state index contributed by atoms with van der Waals surface area (Å²) in [6, 6.07) is 0.511. The summed E-state index contributed by atoms with van der Waals surface area (Å²) in [5.41, 5.74) is 0. The molecule has 0 aromatic carbocycles. The van der Waals surface area contributed by atoms with Crippen LogP contribution in [0, 0.1) is 5.92 Å². The summed E-state index contributed by atoms with van der Waals surface area (Å²) in [5.74, 6) is 0.800. The maximum absolute atomic E-state index is 12.3. The minimum Gasteiger partial charge on any atom is -0.303 e. The van der Waals surface area contributed by atoms with Crippen LogP contribution in [-0.2, 0) is 10.0 Å². The fourth-order valence-corrected chi connectivity index (χ4v) is 5.95. The van der Waals surface area contributed by atoms with E-state index in [2.05, 4.69) is 17.1 Å². The zero-order valence-electron chi connectivity index (χ0n) is 14.5. The molecule has 0 amide bonds. The molecule has 132 valence electrons. The van der Waals surface area contributed by atoms with Gasteiger partial charge in [0, 0.05) is 18.6 Å². The van der Waals surface area contributed by atoms with Gasteiger partial charge in [-0.3, -0.25) is 0 Å². The predicted molar refractivity (Wildman–Crippen MR) is 94.9 cm³/mol. The maximum atomic E-state index is 12.3. The van der Waals surface area contributed by atoms with Crippen LogP contribution >= 0.6 is 0 Å². The number of hydrogen-bond donors (Lipinski definition) is 0. The van der Waals surface area contributed by atoms with Crippen molar-refractivity contribution in [3.05, 3.63) is 12.2 Å². The maximum Gasteiger partial charge on any atom is 0.211 e. The number of rotatable bonds is 5. The van der Waals surface area contributed by atoms with E-state index in [9.17, 15) is 8.42 Å². The molecule has 2 fully saturated rings. The molecule has 5 heteroatoms. The molecule has 0 N–H and O–H groups in total. The van der Waals surface area contributed by atoms with Crippen LogP contribution < -0.4 is 0 Å². The van der Waals surface area contributed by atoms with Crippen molar-refractivity contribution < 1.29 is 8.42 Å². The molecule has 0 bridgehead atoms. The van der Waals surface area contributed by atoms with Crippen LogP contribution in [0.3, 0.4) is 0 Å². The van der Waals surface area contributed by atoms with E-state index in [1.54, 1.807) is 0 Å². The van der Waals surface area contributed by atoms with Crippen molar-refractivity contribution in [1.29, 1.82) is 0 Å². The van der Waals surface area contributed by atoms with Gasteiger partial charge in [-0.2, -0.15) is 4.31 Å². The lowest BCUT2D eigenvalue weighted by Crippen LogP contribution is -2.49. The van der Waals surface area contributed by atoms with Gasteiger partial charge in [-0.25, -0.2) is 8.42 Å². The van der Waals surface area contributed by atoms with Crippen LogP contribution in [0.2, 0.25) is 0 Å². The molecule has 1 saturated heterocycles. The first-order valence-electron chi connectivity index (χ1n) is 9.40. The predicted octanol–water partition coefficient (Wildman–Crippen LogP) is 3.01. The monoisotopic (exact) mass is 340 g/mol. The summed E-state index contributed by atoms with van der Waals surface area (Å²) < 4.78 is 26.4. The lowest BCUT2D eigenvalue weighted by molar-refractivity contribution is 0.159. The highest BCUT2D eigenvalue weighted by Gasteiger charge is 2.37. The van der Waals surface area contributed by atoms with Gasteiger partial charge < -0.3 is 4.90 Å². The highest BCUT2D eigenvalue weighted by molar-refractivity contribution is 7.88. The largest absolute Gasteiger partial charge is 0.303 e. The van der Waals surface area contributed by atoms with Crippen LogP contribution in [0.15, 0.2) is 12.2 Å². The second-order valence-electron chi connectivity index (χ2n) is 7.71. The first-order valence-corrected chi connectivity index (χ1v) is 11.2. The van der Waals surface area contributed by atoms with Crippen molar-refractivity contribution in [2.24, 2.45) is 5.92 Å². The molecule has 1 heterocycles. The molecule has 4 nitrogen and oxygen atoms in total. The Balaban J connectivity index is 1.57. The third-order valence-corrected chi connectivity index (χ3v) is 7.22. The fourth-order valence-electron chi connectivity index (χ4n) is 4.44. The molecule has 1 aliphatic heterocycles. The molecule has 3 rings (SSSR count). The number of sulfonamides is 1. The second-order valence-corrected chi connectivity index (χ2v) is 9.60. The molecule has 3 aliphatic rings. The van der Waals surface area contributed by atoms with Crippen molar-refractivity contribution in [2.75, 3.05) is 25.9 Å². The average molecular weight is 341 g/mol. The Morgan fingerprint density at radius 1 is 1.00 bits per heavy atom. The van der Waals surface area contributed by atoms with Crippen LogP contribution in [0.4, 0.5) is 0 Å². The first-order chi connectivity index (χ1) is 11.0. The van der Waals surface area contributed by atoms with E-state index in [1.807, 2.05) is 4.31 Å². The zero-order chi connectivity index (χ0) is 16.3. The highest BCUT2D eigenvalue weighted by Crippen LogP contribution is 2.32. The normalized spacial score (nSPS) is 31.0. The quantitative estimate of drug-likeness (QED) is 0.722. The van der Waals surface area contributed by atoms with Gasteiger partial charge in [0.25, 0.3) is 0 Å². The summed E-state index contributed by atoms with van der Waals surface area (Å²) >= 11 is 0.